The van der Waals surface area contributed by atoms with Crippen molar-refractivity contribution in [1.82, 2.24) is 15.4 Å². The average Bonchev–Trinajstić information content (AvgIpc) is 3.52. The molecule has 0 unspecified atom stereocenters. The molecule has 1 aliphatic carbocycles. The third-order valence-electron chi connectivity index (χ3n) is 6.13. The number of nitrogens with one attached hydrogen (secondary N) is 2. The zero-order valence-electron chi connectivity index (χ0n) is 17.8. The molecule has 2 fully saturated rings. The fraction of sp³-hybridized carbons (Fsp3) is 0.500. The van der Waals surface area contributed by atoms with Crippen molar-refractivity contribution in [3.05, 3.63) is 29.8 Å². The molecular weight excluding hydrogens is 398 g/mol. The van der Waals surface area contributed by atoms with Gasteiger partial charge in [0.05, 0.1) is 31.9 Å². The fourth-order valence-corrected chi connectivity index (χ4v) is 4.22. The van der Waals surface area contributed by atoms with Crippen LogP contribution in [0.3, 0.4) is 0 Å². The van der Waals surface area contributed by atoms with Crippen molar-refractivity contribution in [3.8, 4) is 17.3 Å². The summed E-state index contributed by atoms with van der Waals surface area (Å²) in [6, 6.07) is 7.22. The Balaban J connectivity index is 1.48. The van der Waals surface area contributed by atoms with Crippen molar-refractivity contribution in [1.29, 1.82) is 0 Å². The van der Waals surface area contributed by atoms with Crippen molar-refractivity contribution in [3.63, 3.8) is 0 Å². The molecule has 9 heteroatoms. The van der Waals surface area contributed by atoms with E-state index in [-0.39, 0.29) is 11.6 Å². The largest absolute Gasteiger partial charge is 0.471 e. The smallest absolute Gasteiger partial charge is 0.343 e. The molecule has 0 bridgehead atoms. The molecule has 2 aliphatic heterocycles. The van der Waals surface area contributed by atoms with Gasteiger partial charge in [0, 0.05) is 17.8 Å². The Kier molecular flexibility index (Phi) is 5.15. The van der Waals surface area contributed by atoms with Gasteiger partial charge in [0.25, 0.3) is 0 Å². The van der Waals surface area contributed by atoms with Crippen molar-refractivity contribution in [2.75, 3.05) is 37.1 Å². The predicted octanol–water partition coefficient (Wildman–Crippen LogP) is 2.91. The van der Waals surface area contributed by atoms with Crippen LogP contribution < -0.4 is 20.4 Å². The molecule has 2 N–H and O–H groups in total. The molecule has 164 valence electrons. The molecular formula is C22H27N5O4. The van der Waals surface area contributed by atoms with E-state index in [9.17, 15) is 4.79 Å². The molecule has 1 spiro atoms. The maximum Gasteiger partial charge on any atom is 0.343 e. The molecule has 1 saturated carbocycles. The number of ether oxygens (including phenoxy) is 2. The van der Waals surface area contributed by atoms with E-state index in [4.69, 9.17) is 19.4 Å². The number of urea groups is 1. The van der Waals surface area contributed by atoms with Gasteiger partial charge >= 0.3 is 6.03 Å². The molecule has 1 saturated heterocycles. The van der Waals surface area contributed by atoms with Crippen LogP contribution in [0.5, 0.6) is 5.88 Å². The second kappa shape index (κ2) is 7.97. The van der Waals surface area contributed by atoms with Gasteiger partial charge in [-0.05, 0) is 56.9 Å². The van der Waals surface area contributed by atoms with Gasteiger partial charge in [-0.15, -0.1) is 0 Å². The molecule has 2 amide bonds. The minimum absolute atomic E-state index is 0.0188. The van der Waals surface area contributed by atoms with Crippen LogP contribution in [0.2, 0.25) is 0 Å². The highest BCUT2D eigenvalue weighted by Crippen LogP contribution is 2.49. The lowest BCUT2D eigenvalue weighted by Gasteiger charge is -2.37. The Morgan fingerprint density at radius 3 is 2.74 bits per heavy atom. The Hall–Kier alpha value is -2.91. The maximum absolute atomic E-state index is 11.6. The van der Waals surface area contributed by atoms with E-state index in [1.807, 2.05) is 24.3 Å². The first-order chi connectivity index (χ1) is 15.1. The third kappa shape index (κ3) is 4.03. The lowest BCUT2D eigenvalue weighted by Crippen LogP contribution is -2.45. The summed E-state index contributed by atoms with van der Waals surface area (Å²) in [6.07, 6.45) is 4.16. The number of amides is 2. The van der Waals surface area contributed by atoms with Crippen LogP contribution in [0.1, 0.15) is 31.7 Å². The molecule has 9 nitrogen and oxygen atoms in total. The van der Waals surface area contributed by atoms with E-state index in [1.54, 1.807) is 0 Å². The molecule has 1 atom stereocenters. The summed E-state index contributed by atoms with van der Waals surface area (Å²) in [5.74, 6) is 2.29. The van der Waals surface area contributed by atoms with Gasteiger partial charge in [0.2, 0.25) is 5.88 Å². The van der Waals surface area contributed by atoms with E-state index in [1.165, 1.54) is 7.11 Å². The van der Waals surface area contributed by atoms with Gasteiger partial charge in [0.1, 0.15) is 11.4 Å². The van der Waals surface area contributed by atoms with Gasteiger partial charge < -0.3 is 19.7 Å². The number of hydrogen-bond donors (Lipinski definition) is 2. The van der Waals surface area contributed by atoms with E-state index < -0.39 is 6.03 Å². The number of hydroxylamine groups is 1. The Bertz CT molecular complexity index is 977. The minimum atomic E-state index is -0.438. The predicted molar refractivity (Wildman–Crippen MR) is 115 cm³/mol. The second-order valence-corrected chi connectivity index (χ2v) is 8.39. The SMILES string of the molecule is CONC(=O)Nc1ccc(-c2nc3c(c(N4CCOC[C@@H]4C)n2)CCC2(CC2)O3)cc1. The summed E-state index contributed by atoms with van der Waals surface area (Å²) in [4.78, 5) is 28.4. The fourth-order valence-electron chi connectivity index (χ4n) is 4.22. The van der Waals surface area contributed by atoms with Crippen LogP contribution in [0.15, 0.2) is 24.3 Å². The van der Waals surface area contributed by atoms with Gasteiger partial charge in [0.15, 0.2) is 5.82 Å². The number of anilines is 2. The average molecular weight is 425 g/mol. The standard InChI is InChI=1S/C22H27N5O4/c1-14-13-30-12-11-27(14)19-17-7-8-22(9-10-22)31-20(17)25-18(24-19)15-3-5-16(6-4-15)23-21(28)26-29-2/h3-6,14H,7-13H2,1-2H3,(H2,23,26,28)/t14-/m0/s1. The number of benzene rings is 1. The number of aromatic nitrogens is 2. The van der Waals surface area contributed by atoms with E-state index >= 15 is 0 Å². The van der Waals surface area contributed by atoms with E-state index in [0.29, 0.717) is 30.6 Å². The van der Waals surface area contributed by atoms with Crippen molar-refractivity contribution < 1.29 is 19.1 Å². The second-order valence-electron chi connectivity index (χ2n) is 8.39. The summed E-state index contributed by atoms with van der Waals surface area (Å²) in [6.45, 7) is 4.33. The van der Waals surface area contributed by atoms with Crippen molar-refractivity contribution in [2.24, 2.45) is 0 Å². The summed E-state index contributed by atoms with van der Waals surface area (Å²) < 4.78 is 12.0. The molecule has 3 aliphatic rings. The molecule has 31 heavy (non-hydrogen) atoms. The summed E-state index contributed by atoms with van der Waals surface area (Å²) in [5, 5.41) is 2.70. The summed E-state index contributed by atoms with van der Waals surface area (Å²) in [7, 11) is 1.39. The van der Waals surface area contributed by atoms with Crippen LogP contribution in [0.25, 0.3) is 11.4 Å². The quantitative estimate of drug-likeness (QED) is 0.727. The number of hydrogen-bond acceptors (Lipinski definition) is 7. The Morgan fingerprint density at radius 1 is 1.23 bits per heavy atom. The van der Waals surface area contributed by atoms with Crippen LogP contribution >= 0.6 is 0 Å². The molecule has 2 aromatic rings. The topological polar surface area (TPSA) is 97.8 Å². The number of fused-ring (bicyclic) bond motifs is 1. The summed E-state index contributed by atoms with van der Waals surface area (Å²) in [5.41, 5.74) is 4.82. The molecule has 0 radical (unpaired) electrons. The summed E-state index contributed by atoms with van der Waals surface area (Å²) >= 11 is 0. The number of rotatable bonds is 4. The Morgan fingerprint density at radius 2 is 2.03 bits per heavy atom. The van der Waals surface area contributed by atoms with E-state index in [0.717, 1.165) is 49.2 Å². The van der Waals surface area contributed by atoms with Gasteiger partial charge in [-0.1, -0.05) is 0 Å². The molecule has 3 heterocycles. The van der Waals surface area contributed by atoms with E-state index in [2.05, 4.69) is 27.5 Å². The highest BCUT2D eigenvalue weighted by molar-refractivity contribution is 5.88. The van der Waals surface area contributed by atoms with Crippen LogP contribution in [-0.4, -0.2) is 54.5 Å². The van der Waals surface area contributed by atoms with Crippen LogP contribution in [-0.2, 0) is 16.0 Å². The monoisotopic (exact) mass is 425 g/mol. The maximum atomic E-state index is 11.6. The molecule has 5 rings (SSSR count). The molecule has 1 aromatic heterocycles. The first-order valence-electron chi connectivity index (χ1n) is 10.7. The first-order valence-corrected chi connectivity index (χ1v) is 10.7. The Labute approximate surface area is 181 Å². The van der Waals surface area contributed by atoms with Gasteiger partial charge in [-0.3, -0.25) is 4.84 Å². The zero-order valence-corrected chi connectivity index (χ0v) is 17.8. The van der Waals surface area contributed by atoms with Crippen LogP contribution in [0.4, 0.5) is 16.3 Å². The number of morpholine rings is 1. The molecule has 1 aromatic carbocycles. The highest BCUT2D eigenvalue weighted by Gasteiger charge is 2.49. The van der Waals surface area contributed by atoms with Crippen molar-refractivity contribution >= 4 is 17.5 Å². The third-order valence-corrected chi connectivity index (χ3v) is 6.13. The zero-order chi connectivity index (χ0) is 21.4. The minimum Gasteiger partial charge on any atom is -0.471 e. The number of nitrogens with zero attached hydrogens (tertiary/aromatic N) is 3. The lowest BCUT2D eigenvalue weighted by molar-refractivity contribution is 0.0978. The first kappa shape index (κ1) is 20.0. The van der Waals surface area contributed by atoms with Gasteiger partial charge in [-0.2, -0.15) is 4.98 Å². The number of carbonyl (C=O) groups is 1. The lowest BCUT2D eigenvalue weighted by atomic mass is 10.0. The number of carbonyl (C=O) groups excluding carboxylic acids is 1. The normalized spacial score (nSPS) is 21.2. The van der Waals surface area contributed by atoms with Gasteiger partial charge in [-0.25, -0.2) is 15.3 Å². The van der Waals surface area contributed by atoms with Crippen LogP contribution in [0, 0.1) is 0 Å². The highest BCUT2D eigenvalue weighted by atomic mass is 16.6. The van der Waals surface area contributed by atoms with Crippen molar-refractivity contribution in [2.45, 2.75) is 44.2 Å².